The van der Waals surface area contributed by atoms with Crippen molar-refractivity contribution in [3.63, 3.8) is 0 Å². The first-order chi connectivity index (χ1) is 8.79. The summed E-state index contributed by atoms with van der Waals surface area (Å²) >= 11 is 0. The zero-order valence-electron chi connectivity index (χ0n) is 9.78. The lowest BCUT2D eigenvalue weighted by Gasteiger charge is -2.01. The second kappa shape index (κ2) is 7.66. The number of carbonyl (C=O) groups is 1. The Morgan fingerprint density at radius 1 is 1.50 bits per heavy atom. The molecule has 1 aromatic rings. The zero-order chi connectivity index (χ0) is 13.2. The minimum atomic E-state index is -0.187. The van der Waals surface area contributed by atoms with Crippen LogP contribution in [-0.2, 0) is 0 Å². The highest BCUT2D eigenvalue weighted by atomic mass is 16.1. The molecule has 1 rings (SSSR count). The average molecular weight is 240 g/mol. The van der Waals surface area contributed by atoms with Crippen LogP contribution in [0.4, 0.5) is 0 Å². The van der Waals surface area contributed by atoms with Crippen molar-refractivity contribution < 1.29 is 4.79 Å². The van der Waals surface area contributed by atoms with Crippen LogP contribution in [0.2, 0.25) is 0 Å². The van der Waals surface area contributed by atoms with Crippen molar-refractivity contribution in [1.29, 1.82) is 5.26 Å². The molecule has 1 aromatic carbocycles. The first kappa shape index (κ1) is 13.5. The quantitative estimate of drug-likeness (QED) is 0.250. The van der Waals surface area contributed by atoms with Gasteiger partial charge in [0.15, 0.2) is 5.78 Å². The second-order valence-electron chi connectivity index (χ2n) is 3.49. The van der Waals surface area contributed by atoms with Gasteiger partial charge in [0, 0.05) is 17.0 Å². The van der Waals surface area contributed by atoms with Crippen LogP contribution in [0, 0.1) is 11.3 Å². The molecule has 0 atom stereocenters. The molecule has 18 heavy (non-hydrogen) atoms. The first-order valence-electron chi connectivity index (χ1n) is 5.46. The Balaban J connectivity index is 2.79. The number of azide groups is 1. The summed E-state index contributed by atoms with van der Waals surface area (Å²) in [6, 6.07) is 8.96. The van der Waals surface area contributed by atoms with Crippen LogP contribution in [-0.4, -0.2) is 12.3 Å². The Hall–Kier alpha value is -2.57. The van der Waals surface area contributed by atoms with Gasteiger partial charge in [0.05, 0.1) is 12.5 Å². The van der Waals surface area contributed by atoms with Crippen LogP contribution in [0.5, 0.6) is 0 Å². The average Bonchev–Trinajstić information content (AvgIpc) is 2.39. The highest BCUT2D eigenvalue weighted by molar-refractivity contribution is 6.00. The number of Topliss-reactive ketones (excluding diaryl/α,β-unsaturated/α-hetero) is 1. The third-order valence-corrected chi connectivity index (χ3v) is 2.26. The van der Waals surface area contributed by atoms with Gasteiger partial charge in [0.1, 0.15) is 0 Å². The van der Waals surface area contributed by atoms with Crippen LogP contribution in [0.25, 0.3) is 16.5 Å². The smallest absolute Gasteiger partial charge is 0.177 e. The molecule has 0 aliphatic heterocycles. The molecule has 5 nitrogen and oxygen atoms in total. The molecule has 0 saturated heterocycles. The summed E-state index contributed by atoms with van der Waals surface area (Å²) in [6.07, 6.45) is 4.14. The van der Waals surface area contributed by atoms with Crippen LogP contribution < -0.4 is 0 Å². The summed E-state index contributed by atoms with van der Waals surface area (Å²) in [5.74, 6) is -0.187. The molecule has 0 saturated carbocycles. The number of nitriles is 1. The van der Waals surface area contributed by atoms with Crippen molar-refractivity contribution in [2.75, 3.05) is 6.54 Å². The van der Waals surface area contributed by atoms with Crippen LogP contribution in [0.1, 0.15) is 28.8 Å². The number of nitrogens with zero attached hydrogens (tertiary/aromatic N) is 4. The Kier molecular flexibility index (Phi) is 5.74. The molecule has 0 aliphatic carbocycles. The van der Waals surface area contributed by atoms with Crippen molar-refractivity contribution >= 4 is 11.9 Å². The molecular formula is C13H12N4O. The molecule has 0 bridgehead atoms. The number of carbonyl (C=O) groups excluding carboxylic acids is 1. The topological polar surface area (TPSA) is 89.6 Å². The fourth-order valence-corrected chi connectivity index (χ4v) is 1.45. The van der Waals surface area contributed by atoms with Gasteiger partial charge in [-0.2, -0.15) is 5.26 Å². The minimum absolute atomic E-state index is 0.121. The molecular weight excluding hydrogens is 228 g/mol. The maximum atomic E-state index is 11.7. The Labute approximate surface area is 105 Å². The van der Waals surface area contributed by atoms with Gasteiger partial charge in [-0.1, -0.05) is 41.5 Å². The van der Waals surface area contributed by atoms with Crippen molar-refractivity contribution in [2.45, 2.75) is 12.8 Å². The summed E-state index contributed by atoms with van der Waals surface area (Å²) in [4.78, 5) is 14.3. The minimum Gasteiger partial charge on any atom is -0.293 e. The molecule has 0 aromatic heterocycles. The lowest BCUT2D eigenvalue weighted by Crippen LogP contribution is -1.99. The molecule has 0 aliphatic rings. The highest BCUT2D eigenvalue weighted by Crippen LogP contribution is 2.13. The third-order valence-electron chi connectivity index (χ3n) is 2.26. The molecule has 0 N–H and O–H groups in total. The predicted octanol–water partition coefficient (Wildman–Crippen LogP) is 3.50. The predicted molar refractivity (Wildman–Crippen MR) is 68.7 cm³/mol. The molecule has 90 valence electrons. The van der Waals surface area contributed by atoms with Gasteiger partial charge in [-0.15, -0.1) is 0 Å². The Bertz CT molecular complexity index is 536. The number of hydrogen-bond acceptors (Lipinski definition) is 3. The van der Waals surface area contributed by atoms with E-state index in [-0.39, 0.29) is 12.2 Å². The van der Waals surface area contributed by atoms with Crippen LogP contribution in [0.15, 0.2) is 35.5 Å². The molecule has 0 heterocycles. The third kappa shape index (κ3) is 4.12. The van der Waals surface area contributed by atoms with E-state index >= 15 is 0 Å². The fourth-order valence-electron chi connectivity index (χ4n) is 1.45. The first-order valence-corrected chi connectivity index (χ1v) is 5.46. The number of rotatable bonds is 6. The van der Waals surface area contributed by atoms with Gasteiger partial charge in [-0.05, 0) is 17.5 Å². The van der Waals surface area contributed by atoms with E-state index in [1.54, 1.807) is 18.2 Å². The number of benzene rings is 1. The molecule has 0 radical (unpaired) electrons. The second-order valence-corrected chi connectivity index (χ2v) is 3.49. The van der Waals surface area contributed by atoms with E-state index in [2.05, 4.69) is 10.0 Å². The van der Waals surface area contributed by atoms with E-state index in [1.165, 1.54) is 0 Å². The fraction of sp³-hybridized carbons (Fsp3) is 0.231. The van der Waals surface area contributed by atoms with E-state index in [9.17, 15) is 4.79 Å². The maximum absolute atomic E-state index is 11.7. The summed E-state index contributed by atoms with van der Waals surface area (Å²) in [5, 5.41) is 11.9. The SMILES string of the molecule is N#CCC(=O)c1ccccc1C=CCCN=[N+]=[N-]. The van der Waals surface area contributed by atoms with Gasteiger partial charge in [-0.25, -0.2) is 0 Å². The lowest BCUT2D eigenvalue weighted by molar-refractivity contribution is 0.0997. The van der Waals surface area contributed by atoms with Gasteiger partial charge in [-0.3, -0.25) is 4.79 Å². The summed E-state index contributed by atoms with van der Waals surface area (Å²) in [5.41, 5.74) is 9.43. The van der Waals surface area contributed by atoms with E-state index in [0.29, 0.717) is 18.5 Å². The normalized spacial score (nSPS) is 9.72. The van der Waals surface area contributed by atoms with Gasteiger partial charge in [0.2, 0.25) is 0 Å². The van der Waals surface area contributed by atoms with Crippen molar-refractivity contribution in [3.8, 4) is 6.07 Å². The van der Waals surface area contributed by atoms with Crippen LogP contribution in [0.3, 0.4) is 0 Å². The zero-order valence-corrected chi connectivity index (χ0v) is 9.78. The summed E-state index contributed by atoms with van der Waals surface area (Å²) < 4.78 is 0. The molecule has 0 unspecified atom stereocenters. The van der Waals surface area contributed by atoms with E-state index in [4.69, 9.17) is 10.8 Å². The van der Waals surface area contributed by atoms with Crippen molar-refractivity contribution in [2.24, 2.45) is 5.11 Å². The standard InChI is InChI=1S/C13H12N4O/c14-9-8-13(18)12-7-2-1-5-11(12)6-3-4-10-16-17-15/h1-3,5-7H,4,8,10H2. The molecule has 0 amide bonds. The lowest BCUT2D eigenvalue weighted by atomic mass is 10.0. The monoisotopic (exact) mass is 240 g/mol. The largest absolute Gasteiger partial charge is 0.293 e. The van der Waals surface area contributed by atoms with E-state index in [0.717, 1.165) is 5.56 Å². The summed E-state index contributed by atoms with van der Waals surface area (Å²) in [7, 11) is 0. The van der Waals surface area contributed by atoms with Gasteiger partial charge >= 0.3 is 0 Å². The molecule has 0 spiro atoms. The van der Waals surface area contributed by atoms with E-state index < -0.39 is 0 Å². The van der Waals surface area contributed by atoms with Gasteiger partial charge in [0.25, 0.3) is 0 Å². The highest BCUT2D eigenvalue weighted by Gasteiger charge is 2.07. The van der Waals surface area contributed by atoms with Gasteiger partial charge < -0.3 is 0 Å². The van der Waals surface area contributed by atoms with Crippen molar-refractivity contribution in [3.05, 3.63) is 51.9 Å². The molecule has 5 heteroatoms. The van der Waals surface area contributed by atoms with E-state index in [1.807, 2.05) is 24.3 Å². The summed E-state index contributed by atoms with van der Waals surface area (Å²) in [6.45, 7) is 0.390. The Morgan fingerprint density at radius 2 is 2.28 bits per heavy atom. The number of ketones is 1. The maximum Gasteiger partial charge on any atom is 0.177 e. The number of hydrogen-bond donors (Lipinski definition) is 0. The van der Waals surface area contributed by atoms with Crippen LogP contribution >= 0.6 is 0 Å². The Morgan fingerprint density at radius 3 is 3.00 bits per heavy atom. The molecule has 0 fully saturated rings. The van der Waals surface area contributed by atoms with Crippen molar-refractivity contribution in [1.82, 2.24) is 0 Å².